The Morgan fingerprint density at radius 2 is 1.52 bits per heavy atom. The zero-order chi connectivity index (χ0) is 21.7. The summed E-state index contributed by atoms with van der Waals surface area (Å²) in [5.74, 6) is -0.657. The van der Waals surface area contributed by atoms with E-state index in [0.717, 1.165) is 36.1 Å². The zero-order valence-corrected chi connectivity index (χ0v) is 17.8. The molecule has 2 aromatic rings. The van der Waals surface area contributed by atoms with Crippen LogP contribution >= 0.6 is 0 Å². The van der Waals surface area contributed by atoms with Gasteiger partial charge in [-0.15, -0.1) is 0 Å². The lowest BCUT2D eigenvalue weighted by Crippen LogP contribution is -2.33. The molecule has 1 aliphatic heterocycles. The van der Waals surface area contributed by atoms with Crippen LogP contribution in [0.1, 0.15) is 41.8 Å². The van der Waals surface area contributed by atoms with Crippen LogP contribution in [0.15, 0.2) is 54.6 Å². The number of allylic oxidation sites excluding steroid dienone is 2. The van der Waals surface area contributed by atoms with Crippen molar-refractivity contribution in [3.8, 4) is 0 Å². The van der Waals surface area contributed by atoms with Gasteiger partial charge in [-0.3, -0.25) is 14.4 Å². The van der Waals surface area contributed by atoms with Crippen LogP contribution in [0.4, 0.5) is 11.4 Å². The maximum atomic E-state index is 13.1. The Balaban J connectivity index is 1.42. The highest BCUT2D eigenvalue weighted by molar-refractivity contribution is 6.23. The number of carbonyl (C=O) groups excluding carboxylic acids is 3. The van der Waals surface area contributed by atoms with Crippen LogP contribution in [-0.2, 0) is 22.4 Å². The molecule has 3 aliphatic rings. The standard InChI is InChI=1S/C26H26N2O3/c1-3-15-7-5-8-16(4-2)23(15)27-24(29)19-9-6-10-20(14-19)28-25(30)21-17-11-12-18(13-17)22(21)26(28)31/h5-12,14,17-18,21-22H,3-4,13H2,1-2H3,(H,27,29)/t17-,18-,21-,22+/m0/s1. The molecule has 5 nitrogen and oxygen atoms in total. The van der Waals surface area contributed by atoms with E-state index in [1.807, 2.05) is 18.2 Å². The third kappa shape index (κ3) is 3.02. The van der Waals surface area contributed by atoms with E-state index < -0.39 is 0 Å². The number of carbonyl (C=O) groups is 3. The van der Waals surface area contributed by atoms with Crippen LogP contribution in [0.5, 0.6) is 0 Å². The molecular weight excluding hydrogens is 388 g/mol. The predicted octanol–water partition coefficient (Wildman–Crippen LogP) is 4.38. The summed E-state index contributed by atoms with van der Waals surface area (Å²) in [5, 5.41) is 3.06. The molecule has 4 atom stereocenters. The van der Waals surface area contributed by atoms with Crippen LogP contribution in [0, 0.1) is 23.7 Å². The maximum Gasteiger partial charge on any atom is 0.255 e. The van der Waals surface area contributed by atoms with Gasteiger partial charge < -0.3 is 5.32 Å². The van der Waals surface area contributed by atoms with Crippen LogP contribution in [-0.4, -0.2) is 17.7 Å². The number of para-hydroxylation sites is 1. The molecule has 31 heavy (non-hydrogen) atoms. The summed E-state index contributed by atoms with van der Waals surface area (Å²) >= 11 is 0. The molecule has 1 saturated heterocycles. The first-order valence-electron chi connectivity index (χ1n) is 11.1. The van der Waals surface area contributed by atoms with Gasteiger partial charge in [0.15, 0.2) is 0 Å². The quantitative estimate of drug-likeness (QED) is 0.583. The Bertz CT molecular complexity index is 1070. The fraction of sp³-hybridized carbons (Fsp3) is 0.346. The second-order valence-corrected chi connectivity index (χ2v) is 8.67. The highest BCUT2D eigenvalue weighted by Crippen LogP contribution is 2.53. The second kappa shape index (κ2) is 7.49. The number of hydrogen-bond donors (Lipinski definition) is 1. The van der Waals surface area contributed by atoms with Crippen molar-refractivity contribution in [1.82, 2.24) is 0 Å². The summed E-state index contributed by atoms with van der Waals surface area (Å²) in [6.07, 6.45) is 6.71. The third-order valence-electron chi connectivity index (χ3n) is 7.07. The van der Waals surface area contributed by atoms with E-state index in [1.54, 1.807) is 24.3 Å². The molecule has 5 heteroatoms. The Hall–Kier alpha value is -3.21. The molecule has 1 N–H and O–H groups in total. The minimum atomic E-state index is -0.247. The lowest BCUT2D eigenvalue weighted by molar-refractivity contribution is -0.123. The maximum absolute atomic E-state index is 13.1. The van der Waals surface area contributed by atoms with Gasteiger partial charge >= 0.3 is 0 Å². The summed E-state index contributed by atoms with van der Waals surface area (Å²) in [7, 11) is 0. The number of fused-ring (bicyclic) bond motifs is 5. The lowest BCUT2D eigenvalue weighted by Gasteiger charge is -2.18. The minimum absolute atomic E-state index is 0.131. The highest BCUT2D eigenvalue weighted by Gasteiger charge is 2.59. The number of hydrogen-bond acceptors (Lipinski definition) is 3. The van der Waals surface area contributed by atoms with Crippen LogP contribution in [0.3, 0.4) is 0 Å². The molecule has 158 valence electrons. The second-order valence-electron chi connectivity index (χ2n) is 8.67. The Labute approximate surface area is 182 Å². The average molecular weight is 415 g/mol. The molecule has 2 aliphatic carbocycles. The Morgan fingerprint density at radius 1 is 0.935 bits per heavy atom. The van der Waals surface area contributed by atoms with Crippen molar-refractivity contribution >= 4 is 29.1 Å². The smallest absolute Gasteiger partial charge is 0.255 e. The van der Waals surface area contributed by atoms with Gasteiger partial charge in [-0.05, 0) is 60.4 Å². The predicted molar refractivity (Wildman–Crippen MR) is 120 cm³/mol. The van der Waals surface area contributed by atoms with E-state index >= 15 is 0 Å². The van der Waals surface area contributed by atoms with Gasteiger partial charge in [-0.1, -0.05) is 50.3 Å². The number of anilines is 2. The van der Waals surface area contributed by atoms with E-state index in [2.05, 4.69) is 31.3 Å². The SMILES string of the molecule is CCc1cccc(CC)c1NC(=O)c1cccc(N2C(=O)[C@@H]3[C@H](C2=O)[C@H]2C=C[C@H]3C2)c1. The normalized spacial score (nSPS) is 25.9. The number of rotatable bonds is 5. The van der Waals surface area contributed by atoms with Crippen molar-refractivity contribution in [3.05, 3.63) is 71.3 Å². The van der Waals surface area contributed by atoms with Crippen molar-refractivity contribution in [3.63, 3.8) is 0 Å². The molecular formula is C26H26N2O3. The summed E-state index contributed by atoms with van der Waals surface area (Å²) < 4.78 is 0. The molecule has 1 saturated carbocycles. The minimum Gasteiger partial charge on any atom is -0.321 e. The molecule has 3 amide bonds. The van der Waals surface area contributed by atoms with Crippen molar-refractivity contribution < 1.29 is 14.4 Å². The van der Waals surface area contributed by atoms with E-state index in [0.29, 0.717) is 11.3 Å². The molecule has 1 heterocycles. The topological polar surface area (TPSA) is 66.5 Å². The number of benzene rings is 2. The lowest BCUT2D eigenvalue weighted by atomic mass is 9.85. The molecule has 2 bridgehead atoms. The van der Waals surface area contributed by atoms with Crippen molar-refractivity contribution in [2.24, 2.45) is 23.7 Å². The van der Waals surface area contributed by atoms with E-state index in [4.69, 9.17) is 0 Å². The summed E-state index contributed by atoms with van der Waals surface area (Å²) in [6.45, 7) is 4.13. The van der Waals surface area contributed by atoms with Crippen molar-refractivity contribution in [2.45, 2.75) is 33.1 Å². The summed E-state index contributed by atoms with van der Waals surface area (Å²) in [6, 6.07) is 12.9. The third-order valence-corrected chi connectivity index (χ3v) is 7.07. The first-order chi connectivity index (χ1) is 15.0. The van der Waals surface area contributed by atoms with Gasteiger partial charge in [0.2, 0.25) is 11.8 Å². The van der Waals surface area contributed by atoms with Gasteiger partial charge in [0.25, 0.3) is 5.91 Å². The summed E-state index contributed by atoms with van der Waals surface area (Å²) in [5.41, 5.74) is 3.95. The van der Waals surface area contributed by atoms with Crippen LogP contribution in [0.2, 0.25) is 0 Å². The number of nitrogens with zero attached hydrogens (tertiary/aromatic N) is 1. The molecule has 0 radical (unpaired) electrons. The molecule has 2 aromatic carbocycles. The van der Waals surface area contributed by atoms with Crippen LogP contribution < -0.4 is 10.2 Å². The monoisotopic (exact) mass is 414 g/mol. The molecule has 2 fully saturated rings. The van der Waals surface area contributed by atoms with Crippen LogP contribution in [0.25, 0.3) is 0 Å². The first kappa shape index (κ1) is 19.7. The largest absolute Gasteiger partial charge is 0.321 e. The van der Waals surface area contributed by atoms with Crippen molar-refractivity contribution in [1.29, 1.82) is 0 Å². The molecule has 5 rings (SSSR count). The van der Waals surface area contributed by atoms with E-state index in [1.165, 1.54) is 4.90 Å². The number of nitrogens with one attached hydrogen (secondary N) is 1. The highest BCUT2D eigenvalue weighted by atomic mass is 16.2. The van der Waals surface area contributed by atoms with Gasteiger partial charge in [-0.2, -0.15) is 0 Å². The number of amides is 3. The van der Waals surface area contributed by atoms with E-state index in [9.17, 15) is 14.4 Å². The molecule has 0 aromatic heterocycles. The Kier molecular flexibility index (Phi) is 4.77. The fourth-order valence-corrected chi connectivity index (χ4v) is 5.53. The van der Waals surface area contributed by atoms with Crippen molar-refractivity contribution in [2.75, 3.05) is 10.2 Å². The van der Waals surface area contributed by atoms with E-state index in [-0.39, 0.29) is 41.4 Å². The number of imide groups is 1. The number of aryl methyl sites for hydroxylation is 2. The average Bonchev–Trinajstić information content (AvgIpc) is 3.47. The first-order valence-corrected chi connectivity index (χ1v) is 11.1. The fourth-order valence-electron chi connectivity index (χ4n) is 5.53. The van der Waals surface area contributed by atoms with Gasteiger partial charge in [0.1, 0.15) is 0 Å². The van der Waals surface area contributed by atoms with Gasteiger partial charge in [-0.25, -0.2) is 4.90 Å². The van der Waals surface area contributed by atoms with Gasteiger partial charge in [0.05, 0.1) is 17.5 Å². The Morgan fingerprint density at radius 3 is 2.10 bits per heavy atom. The summed E-state index contributed by atoms with van der Waals surface area (Å²) in [4.78, 5) is 40.6. The molecule has 0 unspecified atom stereocenters. The zero-order valence-electron chi connectivity index (χ0n) is 17.8. The van der Waals surface area contributed by atoms with Gasteiger partial charge in [0, 0.05) is 11.3 Å². The molecule has 0 spiro atoms.